The molecule has 0 radical (unpaired) electrons. The fraction of sp³-hybridized carbons (Fsp3) is 0.294. The van der Waals surface area contributed by atoms with Crippen LogP contribution < -0.4 is 10.3 Å². The van der Waals surface area contributed by atoms with Gasteiger partial charge >= 0.3 is 5.97 Å². The molecule has 0 aliphatic rings. The minimum absolute atomic E-state index is 0.131. The number of benzene rings is 1. The fourth-order valence-electron chi connectivity index (χ4n) is 2.24. The SMILES string of the molecule is CC(C)CC(C(=O)O)n1ccc(Oc2cccc(F)c2)cc1=O. The molecule has 0 fully saturated rings. The molecule has 0 aliphatic carbocycles. The number of carboxylic acid groups (broad SMARTS) is 1. The quantitative estimate of drug-likeness (QED) is 0.885. The molecule has 1 aromatic heterocycles. The molecule has 1 heterocycles. The molecule has 1 unspecified atom stereocenters. The van der Waals surface area contributed by atoms with E-state index in [0.717, 1.165) is 0 Å². The van der Waals surface area contributed by atoms with E-state index in [2.05, 4.69) is 0 Å². The lowest BCUT2D eigenvalue weighted by Crippen LogP contribution is -2.30. The van der Waals surface area contributed by atoms with Gasteiger partial charge in [-0.05, 0) is 30.5 Å². The van der Waals surface area contributed by atoms with Crippen LogP contribution in [0.5, 0.6) is 11.5 Å². The van der Waals surface area contributed by atoms with Gasteiger partial charge in [0, 0.05) is 18.3 Å². The van der Waals surface area contributed by atoms with E-state index < -0.39 is 23.4 Å². The van der Waals surface area contributed by atoms with Crippen LogP contribution in [0, 0.1) is 11.7 Å². The third kappa shape index (κ3) is 4.42. The number of halogens is 1. The van der Waals surface area contributed by atoms with E-state index >= 15 is 0 Å². The predicted octanol–water partition coefficient (Wildman–Crippen LogP) is 3.45. The van der Waals surface area contributed by atoms with E-state index in [4.69, 9.17) is 4.74 Å². The number of hydrogen-bond acceptors (Lipinski definition) is 3. The molecular weight excluding hydrogens is 301 g/mol. The standard InChI is InChI=1S/C17H18FNO4/c1-11(2)8-15(17(21)22)19-7-6-14(10-16(19)20)23-13-5-3-4-12(18)9-13/h3-7,9-11,15H,8H2,1-2H3,(H,21,22). The number of ether oxygens (including phenoxy) is 1. The average Bonchev–Trinajstić information content (AvgIpc) is 2.45. The topological polar surface area (TPSA) is 68.5 Å². The summed E-state index contributed by atoms with van der Waals surface area (Å²) in [5.41, 5.74) is -0.480. The second-order valence-electron chi connectivity index (χ2n) is 5.65. The first-order valence-corrected chi connectivity index (χ1v) is 7.25. The molecule has 0 bridgehead atoms. The molecule has 1 aromatic carbocycles. The maximum absolute atomic E-state index is 13.1. The Labute approximate surface area is 133 Å². The van der Waals surface area contributed by atoms with Crippen LogP contribution in [-0.2, 0) is 4.79 Å². The highest BCUT2D eigenvalue weighted by molar-refractivity contribution is 5.71. The van der Waals surface area contributed by atoms with Gasteiger partial charge in [0.1, 0.15) is 23.4 Å². The zero-order valence-electron chi connectivity index (χ0n) is 12.9. The first kappa shape index (κ1) is 16.7. The monoisotopic (exact) mass is 319 g/mol. The molecule has 23 heavy (non-hydrogen) atoms. The summed E-state index contributed by atoms with van der Waals surface area (Å²) >= 11 is 0. The number of aromatic nitrogens is 1. The summed E-state index contributed by atoms with van der Waals surface area (Å²) < 4.78 is 19.7. The van der Waals surface area contributed by atoms with Gasteiger partial charge in [-0.1, -0.05) is 19.9 Å². The third-order valence-corrected chi connectivity index (χ3v) is 3.27. The molecular formula is C17H18FNO4. The Morgan fingerprint density at radius 1 is 1.26 bits per heavy atom. The maximum atomic E-state index is 13.1. The summed E-state index contributed by atoms with van der Waals surface area (Å²) in [6.45, 7) is 3.78. The van der Waals surface area contributed by atoms with Gasteiger partial charge in [0.15, 0.2) is 0 Å². The molecule has 0 amide bonds. The van der Waals surface area contributed by atoms with Crippen molar-refractivity contribution in [3.63, 3.8) is 0 Å². The Bertz CT molecular complexity index is 754. The van der Waals surface area contributed by atoms with Crippen molar-refractivity contribution >= 4 is 5.97 Å². The molecule has 5 nitrogen and oxygen atoms in total. The van der Waals surface area contributed by atoms with Crippen LogP contribution in [0.25, 0.3) is 0 Å². The lowest BCUT2D eigenvalue weighted by molar-refractivity contribution is -0.141. The highest BCUT2D eigenvalue weighted by Crippen LogP contribution is 2.22. The Balaban J connectivity index is 2.26. The number of carbonyl (C=O) groups is 1. The van der Waals surface area contributed by atoms with E-state index in [9.17, 15) is 19.1 Å². The van der Waals surface area contributed by atoms with E-state index in [1.165, 1.54) is 41.1 Å². The Morgan fingerprint density at radius 3 is 2.52 bits per heavy atom. The third-order valence-electron chi connectivity index (χ3n) is 3.27. The molecule has 0 aliphatic heterocycles. The summed E-state index contributed by atoms with van der Waals surface area (Å²) in [6.07, 6.45) is 1.73. The summed E-state index contributed by atoms with van der Waals surface area (Å²) in [5.74, 6) is -0.880. The van der Waals surface area contributed by atoms with Crippen LogP contribution >= 0.6 is 0 Å². The minimum Gasteiger partial charge on any atom is -0.480 e. The van der Waals surface area contributed by atoms with Crippen LogP contribution in [0.1, 0.15) is 26.3 Å². The van der Waals surface area contributed by atoms with Gasteiger partial charge in [0.2, 0.25) is 0 Å². The average molecular weight is 319 g/mol. The van der Waals surface area contributed by atoms with Gasteiger partial charge in [0.25, 0.3) is 5.56 Å². The summed E-state index contributed by atoms with van der Waals surface area (Å²) in [6, 6.07) is 7.30. The van der Waals surface area contributed by atoms with Gasteiger partial charge in [-0.25, -0.2) is 9.18 Å². The molecule has 1 atom stereocenters. The van der Waals surface area contributed by atoms with Gasteiger partial charge in [-0.2, -0.15) is 0 Å². The van der Waals surface area contributed by atoms with E-state index in [1.807, 2.05) is 13.8 Å². The Morgan fingerprint density at radius 2 is 1.96 bits per heavy atom. The van der Waals surface area contributed by atoms with E-state index in [-0.39, 0.29) is 17.4 Å². The highest BCUT2D eigenvalue weighted by Gasteiger charge is 2.21. The van der Waals surface area contributed by atoms with Crippen molar-refractivity contribution in [1.82, 2.24) is 4.57 Å². The lowest BCUT2D eigenvalue weighted by Gasteiger charge is -2.18. The number of rotatable bonds is 6. The molecule has 2 rings (SSSR count). The summed E-state index contributed by atoms with van der Waals surface area (Å²) in [5, 5.41) is 9.30. The van der Waals surface area contributed by atoms with Gasteiger partial charge < -0.3 is 14.4 Å². The predicted molar refractivity (Wildman–Crippen MR) is 83.3 cm³/mol. The molecule has 1 N–H and O–H groups in total. The van der Waals surface area contributed by atoms with Crippen molar-refractivity contribution in [2.24, 2.45) is 5.92 Å². The van der Waals surface area contributed by atoms with Crippen LogP contribution in [-0.4, -0.2) is 15.6 Å². The van der Waals surface area contributed by atoms with E-state index in [1.54, 1.807) is 6.07 Å². The zero-order valence-corrected chi connectivity index (χ0v) is 12.9. The first-order chi connectivity index (χ1) is 10.9. The normalized spacial score (nSPS) is 12.2. The van der Waals surface area contributed by atoms with Crippen LogP contribution in [0.4, 0.5) is 4.39 Å². The number of carboxylic acids is 1. The summed E-state index contributed by atoms with van der Waals surface area (Å²) in [7, 11) is 0. The minimum atomic E-state index is -1.06. The summed E-state index contributed by atoms with van der Waals surface area (Å²) in [4.78, 5) is 23.5. The first-order valence-electron chi connectivity index (χ1n) is 7.25. The Hall–Kier alpha value is -2.63. The second kappa shape index (κ2) is 7.09. The highest BCUT2D eigenvalue weighted by atomic mass is 19.1. The van der Waals surface area contributed by atoms with Gasteiger partial charge in [-0.15, -0.1) is 0 Å². The van der Waals surface area contributed by atoms with Crippen molar-refractivity contribution in [3.05, 3.63) is 58.8 Å². The molecule has 6 heteroatoms. The molecule has 0 saturated carbocycles. The van der Waals surface area contributed by atoms with E-state index in [0.29, 0.717) is 6.42 Å². The zero-order chi connectivity index (χ0) is 17.0. The fourth-order valence-corrected chi connectivity index (χ4v) is 2.24. The molecule has 122 valence electrons. The van der Waals surface area contributed by atoms with Crippen LogP contribution in [0.2, 0.25) is 0 Å². The lowest BCUT2D eigenvalue weighted by atomic mass is 10.0. The maximum Gasteiger partial charge on any atom is 0.326 e. The second-order valence-corrected chi connectivity index (χ2v) is 5.65. The van der Waals surface area contributed by atoms with Crippen molar-refractivity contribution in [2.75, 3.05) is 0 Å². The number of nitrogens with zero attached hydrogens (tertiary/aromatic N) is 1. The van der Waals surface area contributed by atoms with Crippen molar-refractivity contribution < 1.29 is 19.0 Å². The molecule has 0 spiro atoms. The largest absolute Gasteiger partial charge is 0.480 e. The van der Waals surface area contributed by atoms with Crippen LogP contribution in [0.3, 0.4) is 0 Å². The molecule has 0 saturated heterocycles. The van der Waals surface area contributed by atoms with Crippen molar-refractivity contribution in [1.29, 1.82) is 0 Å². The van der Waals surface area contributed by atoms with Crippen LogP contribution in [0.15, 0.2) is 47.4 Å². The number of aliphatic carboxylic acids is 1. The van der Waals surface area contributed by atoms with Gasteiger partial charge in [0.05, 0.1) is 0 Å². The van der Waals surface area contributed by atoms with Crippen molar-refractivity contribution in [2.45, 2.75) is 26.3 Å². The molecule has 2 aromatic rings. The smallest absolute Gasteiger partial charge is 0.326 e. The Kier molecular flexibility index (Phi) is 5.16. The van der Waals surface area contributed by atoms with Crippen molar-refractivity contribution in [3.8, 4) is 11.5 Å². The van der Waals surface area contributed by atoms with Gasteiger partial charge in [-0.3, -0.25) is 4.79 Å². The number of pyridine rings is 1. The number of hydrogen-bond donors (Lipinski definition) is 1.